The van der Waals surface area contributed by atoms with E-state index in [-0.39, 0.29) is 19.5 Å². The first kappa shape index (κ1) is 17.9. The fourth-order valence-electron chi connectivity index (χ4n) is 2.62. The second-order valence-corrected chi connectivity index (χ2v) is 6.11. The lowest BCUT2D eigenvalue weighted by molar-refractivity contribution is -0.135. The van der Waals surface area contributed by atoms with Crippen molar-refractivity contribution in [3.63, 3.8) is 0 Å². The van der Waals surface area contributed by atoms with Crippen molar-refractivity contribution < 1.29 is 19.5 Å². The highest BCUT2D eigenvalue weighted by molar-refractivity contribution is 6.02. The molecule has 5 N–H and O–H groups in total. The zero-order chi connectivity index (χ0) is 17.9. The lowest BCUT2D eigenvalue weighted by Crippen LogP contribution is -2.47. The first-order valence-corrected chi connectivity index (χ1v) is 7.63. The number of amides is 4. The van der Waals surface area contributed by atoms with Gasteiger partial charge < -0.3 is 16.2 Å². The molecule has 0 saturated carbocycles. The Balaban J connectivity index is 1.86. The van der Waals surface area contributed by atoms with E-state index in [2.05, 4.69) is 10.6 Å². The lowest BCUT2D eigenvalue weighted by Gasteiger charge is -2.19. The number of carbonyl (C=O) groups is 3. The van der Waals surface area contributed by atoms with E-state index in [0.29, 0.717) is 12.2 Å². The average molecular weight is 334 g/mol. The van der Waals surface area contributed by atoms with E-state index in [1.807, 2.05) is 26.0 Å². The summed E-state index contributed by atoms with van der Waals surface area (Å²) in [7, 11) is 0. The summed E-state index contributed by atoms with van der Waals surface area (Å²) in [6.07, 6.45) is 0.171. The molecule has 1 aliphatic rings. The predicted octanol–water partition coefficient (Wildman–Crippen LogP) is -0.126. The summed E-state index contributed by atoms with van der Waals surface area (Å²) in [6.45, 7) is 4.04. The number of nitrogens with one attached hydrogen (secondary N) is 2. The number of rotatable bonds is 4. The molecule has 1 aromatic rings. The number of aryl methyl sites for hydroxylation is 1. The van der Waals surface area contributed by atoms with Gasteiger partial charge in [0.1, 0.15) is 0 Å². The molecule has 4 amide bonds. The maximum absolute atomic E-state index is 11.9. The van der Waals surface area contributed by atoms with Crippen LogP contribution in [-0.4, -0.2) is 53.1 Å². The van der Waals surface area contributed by atoms with Crippen molar-refractivity contribution >= 4 is 23.5 Å². The molecule has 1 aliphatic heterocycles. The molecule has 1 saturated heterocycles. The standard InChI is InChI=1S/C16H22N4O4/c1-10-4-3-5-12(11(10)2)18-15(23)19-13(21)8-20-7-6-16(24,9-20)14(17)22/h3-5,24H,6-9H2,1-2H3,(H2,17,22)(H2,18,19,21,23). The minimum atomic E-state index is -1.61. The Morgan fingerprint density at radius 3 is 2.67 bits per heavy atom. The van der Waals surface area contributed by atoms with Crippen LogP contribution in [0.5, 0.6) is 0 Å². The number of β-amino-alcohol motifs (C(OH)–C–C–N with tert-alkyl or cyclic N) is 1. The zero-order valence-electron chi connectivity index (χ0n) is 13.8. The highest BCUT2D eigenvalue weighted by atomic mass is 16.3. The van der Waals surface area contributed by atoms with E-state index in [1.165, 1.54) is 0 Å². The summed E-state index contributed by atoms with van der Waals surface area (Å²) in [5, 5.41) is 14.8. The van der Waals surface area contributed by atoms with Gasteiger partial charge in [0.15, 0.2) is 5.60 Å². The molecule has 0 aromatic heterocycles. The molecule has 0 bridgehead atoms. The first-order chi connectivity index (χ1) is 11.2. The van der Waals surface area contributed by atoms with Gasteiger partial charge in [-0.05, 0) is 37.5 Å². The molecule has 1 aromatic carbocycles. The molecule has 1 atom stereocenters. The molecule has 130 valence electrons. The summed E-state index contributed by atoms with van der Waals surface area (Å²) in [4.78, 5) is 36.6. The first-order valence-electron chi connectivity index (χ1n) is 7.63. The maximum Gasteiger partial charge on any atom is 0.325 e. The Morgan fingerprint density at radius 1 is 1.33 bits per heavy atom. The van der Waals surface area contributed by atoms with Crippen molar-refractivity contribution in [2.45, 2.75) is 25.9 Å². The van der Waals surface area contributed by atoms with Gasteiger partial charge in [0.2, 0.25) is 5.91 Å². The number of aliphatic hydroxyl groups is 1. The molecule has 8 nitrogen and oxygen atoms in total. The number of hydrogen-bond acceptors (Lipinski definition) is 5. The molecule has 2 rings (SSSR count). The Bertz CT molecular complexity index is 676. The molecular formula is C16H22N4O4. The molecular weight excluding hydrogens is 312 g/mol. The largest absolute Gasteiger partial charge is 0.379 e. The minimum absolute atomic E-state index is 0.0195. The van der Waals surface area contributed by atoms with Crippen LogP contribution < -0.4 is 16.4 Å². The van der Waals surface area contributed by atoms with Crippen molar-refractivity contribution in [3.05, 3.63) is 29.3 Å². The van der Waals surface area contributed by atoms with Crippen molar-refractivity contribution in [1.29, 1.82) is 0 Å². The molecule has 24 heavy (non-hydrogen) atoms. The van der Waals surface area contributed by atoms with Gasteiger partial charge in [-0.25, -0.2) is 4.79 Å². The molecule has 1 unspecified atom stereocenters. The quantitative estimate of drug-likeness (QED) is 0.611. The molecule has 8 heteroatoms. The average Bonchev–Trinajstić information content (AvgIpc) is 2.86. The third-order valence-electron chi connectivity index (χ3n) is 4.26. The van der Waals surface area contributed by atoms with Crippen LogP contribution in [0.3, 0.4) is 0 Å². The maximum atomic E-state index is 11.9. The number of anilines is 1. The Hall–Kier alpha value is -2.45. The zero-order valence-corrected chi connectivity index (χ0v) is 13.8. The van der Waals surface area contributed by atoms with Crippen LogP contribution in [0.2, 0.25) is 0 Å². The second-order valence-electron chi connectivity index (χ2n) is 6.11. The third-order valence-corrected chi connectivity index (χ3v) is 4.26. The molecule has 0 aliphatic carbocycles. The predicted molar refractivity (Wildman–Crippen MR) is 88.3 cm³/mol. The fourth-order valence-corrected chi connectivity index (χ4v) is 2.62. The number of carbonyl (C=O) groups excluding carboxylic acids is 3. The van der Waals surface area contributed by atoms with Gasteiger partial charge in [0, 0.05) is 18.8 Å². The Kier molecular flexibility index (Phi) is 5.20. The Morgan fingerprint density at radius 2 is 2.04 bits per heavy atom. The van der Waals surface area contributed by atoms with E-state index < -0.39 is 23.4 Å². The van der Waals surface area contributed by atoms with Gasteiger partial charge in [-0.2, -0.15) is 0 Å². The van der Waals surface area contributed by atoms with Crippen LogP contribution in [0.25, 0.3) is 0 Å². The summed E-state index contributed by atoms with van der Waals surface area (Å²) in [6, 6.07) is 4.86. The molecule has 1 fully saturated rings. The number of urea groups is 1. The lowest BCUT2D eigenvalue weighted by atomic mass is 10.0. The van der Waals surface area contributed by atoms with Gasteiger partial charge in [0.25, 0.3) is 5.91 Å². The van der Waals surface area contributed by atoms with E-state index in [0.717, 1.165) is 11.1 Å². The topological polar surface area (TPSA) is 125 Å². The van der Waals surface area contributed by atoms with Gasteiger partial charge in [-0.3, -0.25) is 19.8 Å². The highest BCUT2D eigenvalue weighted by Crippen LogP contribution is 2.20. The number of primary amides is 1. The minimum Gasteiger partial charge on any atom is -0.379 e. The van der Waals surface area contributed by atoms with E-state index >= 15 is 0 Å². The summed E-state index contributed by atoms with van der Waals surface area (Å²) in [5.41, 5.74) is 6.11. The van der Waals surface area contributed by atoms with Crippen LogP contribution >= 0.6 is 0 Å². The van der Waals surface area contributed by atoms with Crippen LogP contribution in [-0.2, 0) is 9.59 Å². The molecule has 0 radical (unpaired) electrons. The van der Waals surface area contributed by atoms with Gasteiger partial charge >= 0.3 is 6.03 Å². The third kappa shape index (κ3) is 4.09. The number of likely N-dealkylation sites (tertiary alicyclic amines) is 1. The fraction of sp³-hybridized carbons (Fsp3) is 0.438. The number of hydrogen-bond donors (Lipinski definition) is 4. The summed E-state index contributed by atoms with van der Waals surface area (Å²) < 4.78 is 0. The van der Waals surface area contributed by atoms with Crippen molar-refractivity contribution in [2.75, 3.05) is 25.0 Å². The smallest absolute Gasteiger partial charge is 0.325 e. The number of nitrogens with zero attached hydrogens (tertiary/aromatic N) is 1. The van der Waals surface area contributed by atoms with Crippen LogP contribution in [0.15, 0.2) is 18.2 Å². The second kappa shape index (κ2) is 6.98. The van der Waals surface area contributed by atoms with E-state index in [1.54, 1.807) is 11.0 Å². The monoisotopic (exact) mass is 334 g/mol. The van der Waals surface area contributed by atoms with Crippen molar-refractivity contribution in [2.24, 2.45) is 5.73 Å². The SMILES string of the molecule is Cc1cccc(NC(=O)NC(=O)CN2CCC(O)(C(N)=O)C2)c1C. The van der Waals surface area contributed by atoms with Crippen molar-refractivity contribution in [1.82, 2.24) is 10.2 Å². The number of imide groups is 1. The number of nitrogens with two attached hydrogens (primary N) is 1. The summed E-state index contributed by atoms with van der Waals surface area (Å²) in [5.74, 6) is -1.33. The molecule has 0 spiro atoms. The van der Waals surface area contributed by atoms with Gasteiger partial charge in [-0.15, -0.1) is 0 Å². The van der Waals surface area contributed by atoms with Crippen molar-refractivity contribution in [3.8, 4) is 0 Å². The highest BCUT2D eigenvalue weighted by Gasteiger charge is 2.41. The summed E-state index contributed by atoms with van der Waals surface area (Å²) >= 11 is 0. The van der Waals surface area contributed by atoms with Crippen LogP contribution in [0, 0.1) is 13.8 Å². The van der Waals surface area contributed by atoms with Crippen LogP contribution in [0.1, 0.15) is 17.5 Å². The van der Waals surface area contributed by atoms with E-state index in [4.69, 9.17) is 5.73 Å². The van der Waals surface area contributed by atoms with E-state index in [9.17, 15) is 19.5 Å². The van der Waals surface area contributed by atoms with Crippen LogP contribution in [0.4, 0.5) is 10.5 Å². The van der Waals surface area contributed by atoms with Gasteiger partial charge in [0.05, 0.1) is 6.54 Å². The number of benzene rings is 1. The Labute approximate surface area is 140 Å². The van der Waals surface area contributed by atoms with Gasteiger partial charge in [-0.1, -0.05) is 12.1 Å². The normalized spacial score (nSPS) is 20.6. The molecule has 1 heterocycles.